The molecule has 3 N–H and O–H groups in total. The molecular formula is C13H13Cl2NO4. The zero-order valence-electron chi connectivity index (χ0n) is 10.3. The molecule has 7 heteroatoms. The molecule has 1 aliphatic rings. The monoisotopic (exact) mass is 317 g/mol. The highest BCUT2D eigenvalue weighted by Gasteiger charge is 2.48. The van der Waals surface area contributed by atoms with E-state index in [0.717, 1.165) is 0 Å². The number of benzene rings is 1. The molecule has 0 unspecified atom stereocenters. The number of carbonyl (C=O) groups excluding carboxylic acids is 1. The Morgan fingerprint density at radius 1 is 1.25 bits per heavy atom. The third-order valence-corrected chi connectivity index (χ3v) is 3.62. The van der Waals surface area contributed by atoms with Crippen LogP contribution in [0.15, 0.2) is 18.2 Å². The van der Waals surface area contributed by atoms with Crippen molar-refractivity contribution in [3.05, 3.63) is 33.8 Å². The van der Waals surface area contributed by atoms with Crippen LogP contribution in [0.3, 0.4) is 0 Å². The number of hydrogen-bond donors (Lipinski definition) is 3. The zero-order valence-corrected chi connectivity index (χ0v) is 11.9. The number of hydrogen-bond acceptors (Lipinski definition) is 3. The Morgan fingerprint density at radius 3 is 2.35 bits per heavy atom. The van der Waals surface area contributed by atoms with Crippen molar-refractivity contribution >= 4 is 35.1 Å². The van der Waals surface area contributed by atoms with Crippen LogP contribution in [-0.2, 0) is 9.59 Å². The summed E-state index contributed by atoms with van der Waals surface area (Å²) in [6.45, 7) is -0.0155. The van der Waals surface area contributed by atoms with Gasteiger partial charge in [-0.15, -0.1) is 0 Å². The molecule has 0 aliphatic heterocycles. The van der Waals surface area contributed by atoms with Crippen LogP contribution in [-0.4, -0.2) is 28.6 Å². The summed E-state index contributed by atoms with van der Waals surface area (Å²) < 4.78 is 0. The van der Waals surface area contributed by atoms with E-state index in [1.54, 1.807) is 18.2 Å². The van der Waals surface area contributed by atoms with E-state index in [2.05, 4.69) is 5.32 Å². The summed E-state index contributed by atoms with van der Waals surface area (Å²) in [4.78, 5) is 22.3. The molecule has 2 rings (SSSR count). The lowest BCUT2D eigenvalue weighted by atomic mass is 10.1. The van der Waals surface area contributed by atoms with Gasteiger partial charge in [0.15, 0.2) is 0 Å². The summed E-state index contributed by atoms with van der Waals surface area (Å²) in [5, 5.41) is 22.0. The SMILES string of the molecule is O=C(NC[C@H](O)c1cc(Cl)cc(Cl)c1)[C@H]1C[C@H]1C(=O)O. The molecule has 1 aliphatic carbocycles. The van der Waals surface area contributed by atoms with Gasteiger partial charge in [-0.05, 0) is 30.2 Å². The van der Waals surface area contributed by atoms with E-state index in [1.165, 1.54) is 0 Å². The Balaban J connectivity index is 1.88. The van der Waals surface area contributed by atoms with Crippen molar-refractivity contribution in [2.45, 2.75) is 12.5 Å². The molecule has 1 amide bonds. The van der Waals surface area contributed by atoms with Gasteiger partial charge in [0, 0.05) is 16.6 Å². The summed E-state index contributed by atoms with van der Waals surface area (Å²) >= 11 is 11.6. The van der Waals surface area contributed by atoms with Gasteiger partial charge in [0.1, 0.15) is 0 Å². The van der Waals surface area contributed by atoms with Crippen molar-refractivity contribution in [3.8, 4) is 0 Å². The van der Waals surface area contributed by atoms with Gasteiger partial charge >= 0.3 is 5.97 Å². The molecule has 0 radical (unpaired) electrons. The van der Waals surface area contributed by atoms with Gasteiger partial charge in [-0.25, -0.2) is 0 Å². The lowest BCUT2D eigenvalue weighted by Crippen LogP contribution is -2.30. The standard InChI is InChI=1S/C13H13Cl2NO4/c14-7-1-6(2-8(15)3-7)11(17)5-16-12(18)9-4-10(9)13(19)20/h1-3,9-11,17H,4-5H2,(H,16,18)(H,19,20)/t9-,10+,11-/m0/s1. The van der Waals surface area contributed by atoms with E-state index >= 15 is 0 Å². The summed E-state index contributed by atoms with van der Waals surface area (Å²) in [7, 11) is 0. The van der Waals surface area contributed by atoms with Crippen molar-refractivity contribution < 1.29 is 19.8 Å². The fourth-order valence-electron chi connectivity index (χ4n) is 1.97. The van der Waals surface area contributed by atoms with Gasteiger partial charge in [0.05, 0.1) is 17.9 Å². The number of aliphatic hydroxyl groups is 1. The van der Waals surface area contributed by atoms with E-state index in [4.69, 9.17) is 28.3 Å². The molecular weight excluding hydrogens is 305 g/mol. The Hall–Kier alpha value is -1.30. The van der Waals surface area contributed by atoms with E-state index in [1.807, 2.05) is 0 Å². The second-order valence-corrected chi connectivity index (χ2v) is 5.62. The zero-order chi connectivity index (χ0) is 14.9. The Bertz CT molecular complexity index is 529. The second-order valence-electron chi connectivity index (χ2n) is 4.75. The van der Waals surface area contributed by atoms with Gasteiger partial charge in [-0.2, -0.15) is 0 Å². The van der Waals surface area contributed by atoms with Gasteiger partial charge in [0.25, 0.3) is 0 Å². The molecule has 108 valence electrons. The number of carboxylic acid groups (broad SMARTS) is 1. The van der Waals surface area contributed by atoms with E-state index in [0.29, 0.717) is 22.0 Å². The van der Waals surface area contributed by atoms with E-state index in [9.17, 15) is 14.7 Å². The minimum atomic E-state index is -0.965. The average molecular weight is 318 g/mol. The van der Waals surface area contributed by atoms with Crippen molar-refractivity contribution in [2.75, 3.05) is 6.54 Å². The molecule has 0 spiro atoms. The van der Waals surface area contributed by atoms with Gasteiger partial charge < -0.3 is 15.5 Å². The molecule has 0 aromatic heterocycles. The molecule has 1 saturated carbocycles. The number of rotatable bonds is 5. The first kappa shape index (κ1) is 15.1. The van der Waals surface area contributed by atoms with Crippen LogP contribution in [0.5, 0.6) is 0 Å². The molecule has 1 aromatic rings. The molecule has 3 atom stereocenters. The van der Waals surface area contributed by atoms with Gasteiger partial charge in [0.2, 0.25) is 5.91 Å². The molecule has 1 aromatic carbocycles. The molecule has 0 heterocycles. The maximum Gasteiger partial charge on any atom is 0.307 e. The number of aliphatic carboxylic acids is 1. The van der Waals surface area contributed by atoms with Crippen molar-refractivity contribution in [1.82, 2.24) is 5.32 Å². The highest BCUT2D eigenvalue weighted by atomic mass is 35.5. The van der Waals surface area contributed by atoms with Crippen molar-refractivity contribution in [2.24, 2.45) is 11.8 Å². The summed E-state index contributed by atoms with van der Waals surface area (Å²) in [6, 6.07) is 4.66. The summed E-state index contributed by atoms with van der Waals surface area (Å²) in [6.07, 6.45) is -0.600. The largest absolute Gasteiger partial charge is 0.481 e. The maximum absolute atomic E-state index is 11.7. The van der Waals surface area contributed by atoms with Crippen LogP contribution >= 0.6 is 23.2 Å². The number of nitrogens with one attached hydrogen (secondary N) is 1. The fourth-order valence-corrected chi connectivity index (χ4v) is 2.51. The number of amides is 1. The number of aliphatic hydroxyl groups excluding tert-OH is 1. The smallest absolute Gasteiger partial charge is 0.307 e. The van der Waals surface area contributed by atoms with E-state index in [-0.39, 0.29) is 12.5 Å². The quantitative estimate of drug-likeness (QED) is 0.773. The van der Waals surface area contributed by atoms with Crippen LogP contribution in [0.4, 0.5) is 0 Å². The predicted octanol–water partition coefficient (Wildman–Crippen LogP) is 1.86. The highest BCUT2D eigenvalue weighted by molar-refractivity contribution is 6.34. The third kappa shape index (κ3) is 3.62. The molecule has 20 heavy (non-hydrogen) atoms. The average Bonchev–Trinajstić information content (AvgIpc) is 3.14. The Kier molecular flexibility index (Phi) is 4.52. The second kappa shape index (κ2) is 5.99. The molecule has 0 bridgehead atoms. The van der Waals surface area contributed by atoms with Crippen molar-refractivity contribution in [3.63, 3.8) is 0 Å². The number of carbonyl (C=O) groups is 2. The normalized spacial score (nSPS) is 22.1. The molecule has 0 saturated heterocycles. The van der Waals surface area contributed by atoms with Gasteiger partial charge in [-0.1, -0.05) is 23.2 Å². The van der Waals surface area contributed by atoms with Crippen LogP contribution in [0.1, 0.15) is 18.1 Å². The van der Waals surface area contributed by atoms with Crippen LogP contribution in [0.2, 0.25) is 10.0 Å². The van der Waals surface area contributed by atoms with Crippen LogP contribution in [0, 0.1) is 11.8 Å². The first-order valence-electron chi connectivity index (χ1n) is 6.03. The first-order valence-corrected chi connectivity index (χ1v) is 6.78. The Labute approximate surface area is 125 Å². The number of halogens is 2. The lowest BCUT2D eigenvalue weighted by molar-refractivity contribution is -0.140. The predicted molar refractivity (Wildman–Crippen MR) is 73.7 cm³/mol. The molecule has 1 fully saturated rings. The summed E-state index contributed by atoms with van der Waals surface area (Å²) in [5.74, 6) is -2.42. The highest BCUT2D eigenvalue weighted by Crippen LogP contribution is 2.38. The fraction of sp³-hybridized carbons (Fsp3) is 0.385. The lowest BCUT2D eigenvalue weighted by Gasteiger charge is -2.13. The third-order valence-electron chi connectivity index (χ3n) is 3.18. The topological polar surface area (TPSA) is 86.6 Å². The van der Waals surface area contributed by atoms with Crippen LogP contribution in [0.25, 0.3) is 0 Å². The maximum atomic E-state index is 11.7. The summed E-state index contributed by atoms with van der Waals surface area (Å²) in [5.41, 5.74) is 0.494. The Morgan fingerprint density at radius 2 is 1.85 bits per heavy atom. The minimum absolute atomic E-state index is 0.0155. The number of carboxylic acids is 1. The van der Waals surface area contributed by atoms with Gasteiger partial charge in [-0.3, -0.25) is 9.59 Å². The van der Waals surface area contributed by atoms with Crippen LogP contribution < -0.4 is 5.32 Å². The first-order chi connectivity index (χ1) is 9.38. The minimum Gasteiger partial charge on any atom is -0.481 e. The van der Waals surface area contributed by atoms with Crippen molar-refractivity contribution in [1.29, 1.82) is 0 Å². The molecule has 5 nitrogen and oxygen atoms in total. The van der Waals surface area contributed by atoms with E-state index < -0.39 is 23.9 Å².